The van der Waals surface area contributed by atoms with Gasteiger partial charge in [-0.05, 0) is 50.2 Å². The summed E-state index contributed by atoms with van der Waals surface area (Å²) in [6.07, 6.45) is -1.13. The first kappa shape index (κ1) is 29.0. The number of alkyl halides is 3. The van der Waals surface area contributed by atoms with Gasteiger partial charge in [0.1, 0.15) is 29.5 Å². The fraction of sp³-hybridized carbons (Fsp3) is 0.296. The van der Waals surface area contributed by atoms with Gasteiger partial charge < -0.3 is 25.4 Å². The third kappa shape index (κ3) is 7.76. The monoisotopic (exact) mass is 577 g/mol. The van der Waals surface area contributed by atoms with Gasteiger partial charge in [-0.3, -0.25) is 14.7 Å². The number of hydrogen-bond donors (Lipinski definition) is 3. The van der Waals surface area contributed by atoms with Crippen molar-refractivity contribution in [2.24, 2.45) is 0 Å². The number of rotatable bonds is 9. The van der Waals surface area contributed by atoms with Gasteiger partial charge in [-0.2, -0.15) is 13.2 Å². The van der Waals surface area contributed by atoms with Crippen LogP contribution in [-0.4, -0.2) is 55.1 Å². The van der Waals surface area contributed by atoms with Crippen LogP contribution in [0.1, 0.15) is 28.9 Å². The van der Waals surface area contributed by atoms with E-state index in [-0.39, 0.29) is 29.6 Å². The van der Waals surface area contributed by atoms with Crippen LogP contribution in [0, 0.1) is 0 Å². The molecule has 0 radical (unpaired) electrons. The van der Waals surface area contributed by atoms with Crippen molar-refractivity contribution in [2.45, 2.75) is 19.0 Å². The molecule has 1 saturated heterocycles. The standard InChI is InChI=1S/C27H27ClF3N5O4/c1-32-25(37)23-14-19(7-8-33-23)40-18-6-4-5-17(13-18)34-26(38)35-22-15-20(27(29,30)31)21(28)16-24(22)39-12-11-36-9-2-3-10-36/h4-8,13-16H,2-3,9-12H2,1H3,(H,32,37)(H2,34,35,38). The Morgan fingerprint density at radius 3 is 2.52 bits per heavy atom. The van der Waals surface area contributed by atoms with Crippen LogP contribution in [0.25, 0.3) is 0 Å². The number of urea groups is 1. The number of nitrogens with zero attached hydrogens (tertiary/aromatic N) is 2. The molecule has 40 heavy (non-hydrogen) atoms. The zero-order valence-electron chi connectivity index (χ0n) is 21.5. The van der Waals surface area contributed by atoms with Gasteiger partial charge >= 0.3 is 12.2 Å². The molecule has 0 spiro atoms. The normalized spacial score (nSPS) is 13.5. The average Bonchev–Trinajstić information content (AvgIpc) is 3.43. The van der Waals surface area contributed by atoms with Crippen molar-refractivity contribution < 1.29 is 32.2 Å². The highest BCUT2D eigenvalue weighted by atomic mass is 35.5. The van der Waals surface area contributed by atoms with Crippen LogP contribution in [0.15, 0.2) is 54.7 Å². The lowest BCUT2D eigenvalue weighted by atomic mass is 10.1. The summed E-state index contributed by atoms with van der Waals surface area (Å²) in [6.45, 7) is 2.68. The second-order valence-corrected chi connectivity index (χ2v) is 9.30. The fourth-order valence-corrected chi connectivity index (χ4v) is 4.33. The highest BCUT2D eigenvalue weighted by Gasteiger charge is 2.34. The Balaban J connectivity index is 1.46. The van der Waals surface area contributed by atoms with Crippen LogP contribution in [0.5, 0.6) is 17.2 Å². The van der Waals surface area contributed by atoms with Crippen LogP contribution in [0.2, 0.25) is 5.02 Å². The molecule has 2 heterocycles. The molecular formula is C27H27ClF3N5O4. The molecule has 9 nitrogen and oxygen atoms in total. The van der Waals surface area contributed by atoms with Crippen molar-refractivity contribution in [2.75, 3.05) is 43.9 Å². The summed E-state index contributed by atoms with van der Waals surface area (Å²) in [5.74, 6) is 0.317. The Labute approximate surface area is 233 Å². The van der Waals surface area contributed by atoms with E-state index < -0.39 is 22.8 Å². The third-order valence-corrected chi connectivity index (χ3v) is 6.32. The molecule has 1 fully saturated rings. The number of benzene rings is 2. The average molecular weight is 578 g/mol. The van der Waals surface area contributed by atoms with E-state index in [4.69, 9.17) is 21.1 Å². The smallest absolute Gasteiger partial charge is 0.417 e. The molecule has 0 bridgehead atoms. The fourth-order valence-electron chi connectivity index (χ4n) is 4.07. The van der Waals surface area contributed by atoms with Crippen molar-refractivity contribution in [3.63, 3.8) is 0 Å². The van der Waals surface area contributed by atoms with Crippen LogP contribution in [-0.2, 0) is 6.18 Å². The van der Waals surface area contributed by atoms with Crippen molar-refractivity contribution in [1.82, 2.24) is 15.2 Å². The molecule has 4 rings (SSSR count). The Morgan fingerprint density at radius 2 is 1.80 bits per heavy atom. The maximum absolute atomic E-state index is 13.5. The van der Waals surface area contributed by atoms with E-state index in [1.807, 2.05) is 0 Å². The lowest BCUT2D eigenvalue weighted by molar-refractivity contribution is -0.137. The van der Waals surface area contributed by atoms with E-state index in [0.717, 1.165) is 38.1 Å². The van der Waals surface area contributed by atoms with Gasteiger partial charge in [-0.1, -0.05) is 17.7 Å². The van der Waals surface area contributed by atoms with E-state index >= 15 is 0 Å². The predicted molar refractivity (Wildman–Crippen MR) is 144 cm³/mol. The summed E-state index contributed by atoms with van der Waals surface area (Å²) < 4.78 is 52.0. The van der Waals surface area contributed by atoms with Crippen molar-refractivity contribution >= 4 is 34.9 Å². The number of anilines is 2. The van der Waals surface area contributed by atoms with Crippen molar-refractivity contribution in [1.29, 1.82) is 0 Å². The molecule has 3 N–H and O–H groups in total. The first-order chi connectivity index (χ1) is 19.1. The lowest BCUT2D eigenvalue weighted by Crippen LogP contribution is -2.25. The number of pyridine rings is 1. The number of aromatic nitrogens is 1. The molecule has 0 saturated carbocycles. The molecule has 1 aliphatic heterocycles. The molecule has 0 atom stereocenters. The van der Waals surface area contributed by atoms with E-state index in [9.17, 15) is 22.8 Å². The Hall–Kier alpha value is -4.03. The molecule has 1 aliphatic rings. The first-order valence-electron chi connectivity index (χ1n) is 12.4. The number of nitrogens with one attached hydrogen (secondary N) is 3. The van der Waals surface area contributed by atoms with Gasteiger partial charge in [0.2, 0.25) is 0 Å². The second-order valence-electron chi connectivity index (χ2n) is 8.89. The molecular weight excluding hydrogens is 551 g/mol. The van der Waals surface area contributed by atoms with E-state index in [1.165, 1.54) is 25.4 Å². The van der Waals surface area contributed by atoms with E-state index in [1.54, 1.807) is 24.3 Å². The van der Waals surface area contributed by atoms with Gasteiger partial charge in [0, 0.05) is 43.7 Å². The van der Waals surface area contributed by atoms with Gasteiger partial charge in [0.25, 0.3) is 5.91 Å². The van der Waals surface area contributed by atoms with Crippen molar-refractivity contribution in [3.8, 4) is 17.2 Å². The summed E-state index contributed by atoms with van der Waals surface area (Å²) in [6, 6.07) is 10.3. The number of halogens is 4. The predicted octanol–water partition coefficient (Wildman–Crippen LogP) is 6.02. The quantitative estimate of drug-likeness (QED) is 0.287. The minimum atomic E-state index is -4.73. The van der Waals surface area contributed by atoms with Gasteiger partial charge in [-0.15, -0.1) is 0 Å². The second kappa shape index (κ2) is 12.9. The van der Waals surface area contributed by atoms with Crippen molar-refractivity contribution in [3.05, 3.63) is 71.0 Å². The lowest BCUT2D eigenvalue weighted by Gasteiger charge is -2.19. The number of carbonyl (C=O) groups is 2. The molecule has 0 aliphatic carbocycles. The van der Waals surface area contributed by atoms with E-state index in [2.05, 4.69) is 25.8 Å². The molecule has 13 heteroatoms. The maximum Gasteiger partial charge on any atom is 0.417 e. The Morgan fingerprint density at radius 1 is 1.05 bits per heavy atom. The minimum absolute atomic E-state index is 0.0223. The van der Waals surface area contributed by atoms with Gasteiger partial charge in [0.15, 0.2) is 0 Å². The van der Waals surface area contributed by atoms with Gasteiger partial charge in [-0.25, -0.2) is 4.79 Å². The van der Waals surface area contributed by atoms with Crippen LogP contribution < -0.4 is 25.4 Å². The van der Waals surface area contributed by atoms with Crippen LogP contribution in [0.4, 0.5) is 29.3 Å². The zero-order chi connectivity index (χ0) is 28.7. The summed E-state index contributed by atoms with van der Waals surface area (Å²) in [5, 5.41) is 6.94. The van der Waals surface area contributed by atoms with Crippen LogP contribution >= 0.6 is 11.6 Å². The van der Waals surface area contributed by atoms with E-state index in [0.29, 0.717) is 23.7 Å². The number of ether oxygens (including phenoxy) is 2. The largest absolute Gasteiger partial charge is 0.490 e. The third-order valence-electron chi connectivity index (χ3n) is 6.01. The summed E-state index contributed by atoms with van der Waals surface area (Å²) >= 11 is 5.90. The molecule has 3 aromatic rings. The van der Waals surface area contributed by atoms with Crippen LogP contribution in [0.3, 0.4) is 0 Å². The molecule has 3 amide bonds. The molecule has 2 aromatic carbocycles. The maximum atomic E-state index is 13.5. The number of amides is 3. The highest BCUT2D eigenvalue weighted by molar-refractivity contribution is 6.31. The SMILES string of the molecule is CNC(=O)c1cc(Oc2cccc(NC(=O)Nc3cc(C(F)(F)F)c(Cl)cc3OCCN3CCCC3)c2)ccn1. The van der Waals surface area contributed by atoms with Gasteiger partial charge in [0.05, 0.1) is 16.3 Å². The molecule has 212 valence electrons. The first-order valence-corrected chi connectivity index (χ1v) is 12.8. The Kier molecular flexibility index (Phi) is 9.33. The topological polar surface area (TPSA) is 105 Å². The number of hydrogen-bond acceptors (Lipinski definition) is 6. The zero-order valence-corrected chi connectivity index (χ0v) is 22.2. The number of likely N-dealkylation sites (tertiary alicyclic amines) is 1. The highest BCUT2D eigenvalue weighted by Crippen LogP contribution is 2.40. The molecule has 1 aromatic heterocycles. The summed E-state index contributed by atoms with van der Waals surface area (Å²) in [5.41, 5.74) is -0.813. The Bertz CT molecular complexity index is 1370. The molecule has 0 unspecified atom stereocenters. The number of carbonyl (C=O) groups excluding carboxylic acids is 2. The minimum Gasteiger partial charge on any atom is -0.490 e. The summed E-state index contributed by atoms with van der Waals surface area (Å²) in [4.78, 5) is 30.8. The summed E-state index contributed by atoms with van der Waals surface area (Å²) in [7, 11) is 1.48.